The van der Waals surface area contributed by atoms with Crippen molar-refractivity contribution in [2.24, 2.45) is 0 Å². The van der Waals surface area contributed by atoms with Gasteiger partial charge in [-0.25, -0.2) is 21.1 Å². The smallest absolute Gasteiger partial charge is 0.242 e. The zero-order chi connectivity index (χ0) is 27.2. The van der Waals surface area contributed by atoms with Gasteiger partial charge in [-0.1, -0.05) is 42.5 Å². The van der Waals surface area contributed by atoms with Crippen LogP contribution in [0.15, 0.2) is 82.6 Å². The predicted molar refractivity (Wildman–Crippen MR) is 141 cm³/mol. The highest BCUT2D eigenvalue weighted by Gasteiger charge is 2.26. The minimum Gasteiger partial charge on any atom is -0.496 e. The van der Waals surface area contributed by atoms with Crippen LogP contribution in [0.5, 0.6) is 5.75 Å². The van der Waals surface area contributed by atoms with Crippen molar-refractivity contribution in [3.63, 3.8) is 0 Å². The Balaban J connectivity index is 1.79. The monoisotopic (exact) mass is 545 g/mol. The van der Waals surface area contributed by atoms with Gasteiger partial charge in [0.25, 0.3) is 0 Å². The molecule has 1 amide bonds. The largest absolute Gasteiger partial charge is 0.496 e. The van der Waals surface area contributed by atoms with Gasteiger partial charge >= 0.3 is 0 Å². The number of sulfonamides is 2. The third-order valence-corrected chi connectivity index (χ3v) is 9.04. The van der Waals surface area contributed by atoms with Crippen molar-refractivity contribution in [3.8, 4) is 5.75 Å². The number of rotatable bonds is 11. The Morgan fingerprint density at radius 3 is 2.08 bits per heavy atom. The molecule has 198 valence electrons. The normalized spacial score (nSPS) is 12.8. The van der Waals surface area contributed by atoms with E-state index >= 15 is 0 Å². The first-order valence-corrected chi connectivity index (χ1v) is 14.4. The summed E-state index contributed by atoms with van der Waals surface area (Å²) in [4.78, 5) is 13.3. The van der Waals surface area contributed by atoms with E-state index in [4.69, 9.17) is 4.74 Å². The number of nitrogens with one attached hydrogen (secondary N) is 2. The first-order chi connectivity index (χ1) is 17.4. The highest BCUT2D eigenvalue weighted by Crippen LogP contribution is 2.22. The molecule has 3 rings (SSSR count). The van der Waals surface area contributed by atoms with Gasteiger partial charge in [-0.3, -0.25) is 4.79 Å². The number of ether oxygens (including phenoxy) is 1. The zero-order valence-electron chi connectivity index (χ0n) is 21.1. The molecular weight excluding hydrogens is 514 g/mol. The van der Waals surface area contributed by atoms with E-state index in [-0.39, 0.29) is 22.8 Å². The van der Waals surface area contributed by atoms with Crippen LogP contribution in [-0.2, 0) is 37.8 Å². The van der Waals surface area contributed by atoms with Gasteiger partial charge in [0.15, 0.2) is 0 Å². The van der Waals surface area contributed by atoms with Crippen molar-refractivity contribution in [1.29, 1.82) is 0 Å². The third-order valence-electron chi connectivity index (χ3n) is 5.74. The molecule has 0 heterocycles. The minimum atomic E-state index is -4.02. The van der Waals surface area contributed by atoms with Gasteiger partial charge in [-0.2, -0.15) is 4.72 Å². The fourth-order valence-corrected chi connectivity index (χ4v) is 5.80. The number of nitrogens with zero attached hydrogens (tertiary/aromatic N) is 1. The van der Waals surface area contributed by atoms with Gasteiger partial charge < -0.3 is 10.1 Å². The van der Waals surface area contributed by atoms with Gasteiger partial charge in [-0.15, -0.1) is 0 Å². The second-order valence-electron chi connectivity index (χ2n) is 8.64. The van der Waals surface area contributed by atoms with Gasteiger partial charge in [-0.05, 0) is 60.4 Å². The second-order valence-corrected chi connectivity index (χ2v) is 12.5. The summed E-state index contributed by atoms with van der Waals surface area (Å²) < 4.78 is 59.7. The van der Waals surface area contributed by atoms with E-state index in [0.717, 1.165) is 9.87 Å². The van der Waals surface area contributed by atoms with Gasteiger partial charge in [0.2, 0.25) is 26.0 Å². The number of carbonyl (C=O) groups excluding carboxylic acids is 1. The Morgan fingerprint density at radius 1 is 0.892 bits per heavy atom. The third kappa shape index (κ3) is 7.16. The Morgan fingerprint density at radius 2 is 1.51 bits per heavy atom. The SMILES string of the molecule is COc1ccc(S(=O)(=O)N[C@H](Cc2ccccc2)C(=O)NCc2ccc(S(=O)(=O)N(C)C)cc2)cc1C. The summed E-state index contributed by atoms with van der Waals surface area (Å²) in [6, 6.07) is 18.6. The standard InChI is InChI=1S/C26H31N3O6S2/c1-19-16-23(14-15-25(19)35-4)36(31,32)28-24(17-20-8-6-5-7-9-20)26(30)27-18-21-10-12-22(13-11-21)37(33,34)29(2)3/h5-16,24,28H,17-18H2,1-4H3,(H,27,30)/t24-/m1/s1. The summed E-state index contributed by atoms with van der Waals surface area (Å²) in [5.41, 5.74) is 2.10. The fraction of sp³-hybridized carbons (Fsp3) is 0.269. The van der Waals surface area contributed by atoms with Crippen molar-refractivity contribution in [2.75, 3.05) is 21.2 Å². The molecule has 1 atom stereocenters. The lowest BCUT2D eigenvalue weighted by Gasteiger charge is -2.19. The molecule has 9 nitrogen and oxygen atoms in total. The van der Waals surface area contributed by atoms with Crippen molar-refractivity contribution in [2.45, 2.75) is 35.7 Å². The topological polar surface area (TPSA) is 122 Å². The zero-order valence-corrected chi connectivity index (χ0v) is 22.8. The number of methoxy groups -OCH3 is 1. The van der Waals surface area contributed by atoms with E-state index in [2.05, 4.69) is 10.0 Å². The quantitative estimate of drug-likeness (QED) is 0.382. The summed E-state index contributed by atoms with van der Waals surface area (Å²) >= 11 is 0. The summed E-state index contributed by atoms with van der Waals surface area (Å²) in [5.74, 6) is 0.0459. The van der Waals surface area contributed by atoms with E-state index < -0.39 is 32.0 Å². The lowest BCUT2D eigenvalue weighted by Crippen LogP contribution is -2.47. The molecular formula is C26H31N3O6S2. The molecule has 0 aliphatic rings. The number of aryl methyl sites for hydroxylation is 1. The maximum absolute atomic E-state index is 13.2. The summed E-state index contributed by atoms with van der Waals surface area (Å²) in [6.45, 7) is 1.83. The number of amides is 1. The summed E-state index contributed by atoms with van der Waals surface area (Å²) in [5, 5.41) is 2.76. The predicted octanol–water partition coefficient (Wildman–Crippen LogP) is 2.46. The molecule has 0 radical (unpaired) electrons. The number of hydrogen-bond donors (Lipinski definition) is 2. The molecule has 0 spiro atoms. The molecule has 2 N–H and O–H groups in total. The van der Waals surface area contributed by atoms with Crippen LogP contribution in [0.2, 0.25) is 0 Å². The van der Waals surface area contributed by atoms with Crippen LogP contribution >= 0.6 is 0 Å². The lowest BCUT2D eigenvalue weighted by molar-refractivity contribution is -0.122. The average Bonchev–Trinajstić information content (AvgIpc) is 2.87. The van der Waals surface area contributed by atoms with Crippen LogP contribution in [0.4, 0.5) is 0 Å². The van der Waals surface area contributed by atoms with Crippen molar-refractivity contribution in [1.82, 2.24) is 14.3 Å². The molecule has 0 aromatic heterocycles. The molecule has 0 aliphatic carbocycles. The molecule has 37 heavy (non-hydrogen) atoms. The van der Waals surface area contributed by atoms with Crippen LogP contribution in [0.3, 0.4) is 0 Å². The van der Waals surface area contributed by atoms with Crippen LogP contribution < -0.4 is 14.8 Å². The molecule has 0 saturated heterocycles. The first kappa shape index (κ1) is 28.3. The van der Waals surface area contributed by atoms with Crippen LogP contribution in [0.25, 0.3) is 0 Å². The number of carbonyl (C=O) groups is 1. The molecule has 11 heteroatoms. The Hall–Kier alpha value is -3.25. The maximum atomic E-state index is 13.2. The van der Waals surface area contributed by atoms with Gasteiger partial charge in [0, 0.05) is 20.6 Å². The Labute approximate surface area is 218 Å². The highest BCUT2D eigenvalue weighted by atomic mass is 32.2. The van der Waals surface area contributed by atoms with E-state index in [1.807, 2.05) is 30.3 Å². The van der Waals surface area contributed by atoms with Crippen LogP contribution in [-0.4, -0.2) is 54.3 Å². The van der Waals surface area contributed by atoms with Crippen molar-refractivity contribution >= 4 is 26.0 Å². The molecule has 0 fully saturated rings. The number of benzene rings is 3. The van der Waals surface area contributed by atoms with Crippen molar-refractivity contribution < 1.29 is 26.4 Å². The molecule has 3 aromatic carbocycles. The van der Waals surface area contributed by atoms with Gasteiger partial charge in [0.1, 0.15) is 11.8 Å². The van der Waals surface area contributed by atoms with E-state index in [9.17, 15) is 21.6 Å². The van der Waals surface area contributed by atoms with E-state index in [1.54, 1.807) is 25.1 Å². The Kier molecular flexibility index (Phi) is 9.08. The molecule has 3 aromatic rings. The van der Waals surface area contributed by atoms with Crippen LogP contribution in [0.1, 0.15) is 16.7 Å². The molecule has 0 aliphatic heterocycles. The first-order valence-electron chi connectivity index (χ1n) is 11.4. The Bertz CT molecular complexity index is 1440. The molecule has 0 unspecified atom stereocenters. The maximum Gasteiger partial charge on any atom is 0.242 e. The van der Waals surface area contributed by atoms with Crippen LogP contribution in [0, 0.1) is 6.92 Å². The number of hydrogen-bond acceptors (Lipinski definition) is 6. The summed E-state index contributed by atoms with van der Waals surface area (Å²) in [6.07, 6.45) is 0.140. The molecule has 0 saturated carbocycles. The lowest BCUT2D eigenvalue weighted by atomic mass is 10.1. The second kappa shape index (κ2) is 11.9. The fourth-order valence-electron chi connectivity index (χ4n) is 3.61. The van der Waals surface area contributed by atoms with Gasteiger partial charge in [0.05, 0.1) is 16.9 Å². The van der Waals surface area contributed by atoms with Crippen molar-refractivity contribution in [3.05, 3.63) is 89.5 Å². The highest BCUT2D eigenvalue weighted by molar-refractivity contribution is 7.89. The minimum absolute atomic E-state index is 0.0225. The molecule has 0 bridgehead atoms. The van der Waals surface area contributed by atoms with E-state index in [0.29, 0.717) is 16.9 Å². The summed E-state index contributed by atoms with van der Waals surface area (Å²) in [7, 11) is -3.19. The van der Waals surface area contributed by atoms with E-state index in [1.165, 1.54) is 45.5 Å². The average molecular weight is 546 g/mol.